The number of carbonyl (C=O) groups is 1. The summed E-state index contributed by atoms with van der Waals surface area (Å²) in [7, 11) is 0. The highest BCUT2D eigenvalue weighted by Crippen LogP contribution is 2.25. The van der Waals surface area contributed by atoms with Crippen molar-refractivity contribution >= 4 is 46.3 Å². The van der Waals surface area contributed by atoms with Crippen molar-refractivity contribution in [2.75, 3.05) is 6.61 Å². The van der Waals surface area contributed by atoms with Crippen molar-refractivity contribution in [2.45, 2.75) is 26.9 Å². The van der Waals surface area contributed by atoms with Gasteiger partial charge in [-0.15, -0.1) is 0 Å². The van der Waals surface area contributed by atoms with Crippen molar-refractivity contribution in [3.63, 3.8) is 0 Å². The Morgan fingerprint density at radius 1 is 1.18 bits per heavy atom. The predicted molar refractivity (Wildman–Crippen MR) is 114 cm³/mol. The molecule has 0 aliphatic carbocycles. The maximum absolute atomic E-state index is 12.0. The van der Waals surface area contributed by atoms with Crippen LogP contribution in [0.3, 0.4) is 0 Å². The molecule has 5 nitrogen and oxygen atoms in total. The Balaban J connectivity index is 1.83. The summed E-state index contributed by atoms with van der Waals surface area (Å²) in [4.78, 5) is 12.0. The van der Waals surface area contributed by atoms with Crippen LogP contribution in [0.15, 0.2) is 47.6 Å². The predicted octanol–water partition coefficient (Wildman–Crippen LogP) is 4.94. The van der Waals surface area contributed by atoms with Crippen LogP contribution < -0.4 is 5.43 Å². The summed E-state index contributed by atoms with van der Waals surface area (Å²) in [6.07, 6.45) is 1.75. The van der Waals surface area contributed by atoms with Gasteiger partial charge in [0.1, 0.15) is 6.54 Å². The summed E-state index contributed by atoms with van der Waals surface area (Å²) in [5.41, 5.74) is 6.63. The van der Waals surface area contributed by atoms with E-state index in [9.17, 15) is 4.79 Å². The standard InChI is InChI=1S/C21H21Cl2N3O2/c1-3-28-21(27)13-26-14(2)16(15-7-4-5-10-20(15)26)11-24-25-12-17-18(22)8-6-9-19(17)23/h4-11,25H,3,12-13H2,1-2H3/b24-11+. The lowest BCUT2D eigenvalue weighted by Gasteiger charge is -2.07. The van der Waals surface area contributed by atoms with E-state index in [2.05, 4.69) is 10.5 Å². The van der Waals surface area contributed by atoms with Gasteiger partial charge in [-0.2, -0.15) is 5.10 Å². The Morgan fingerprint density at radius 3 is 2.61 bits per heavy atom. The van der Waals surface area contributed by atoms with Crippen LogP contribution in [0, 0.1) is 6.92 Å². The van der Waals surface area contributed by atoms with Crippen molar-refractivity contribution in [3.05, 3.63) is 69.3 Å². The molecule has 0 aliphatic rings. The fourth-order valence-corrected chi connectivity index (χ4v) is 3.63. The van der Waals surface area contributed by atoms with Gasteiger partial charge in [-0.1, -0.05) is 47.5 Å². The fourth-order valence-electron chi connectivity index (χ4n) is 3.10. The molecule has 0 radical (unpaired) electrons. The largest absolute Gasteiger partial charge is 0.465 e. The number of hydrazone groups is 1. The lowest BCUT2D eigenvalue weighted by Crippen LogP contribution is -2.14. The quantitative estimate of drug-likeness (QED) is 0.336. The Labute approximate surface area is 173 Å². The van der Waals surface area contributed by atoms with Gasteiger partial charge in [0.25, 0.3) is 0 Å². The van der Waals surface area contributed by atoms with Crippen LogP contribution in [0.25, 0.3) is 10.9 Å². The van der Waals surface area contributed by atoms with E-state index in [-0.39, 0.29) is 12.5 Å². The zero-order valence-corrected chi connectivity index (χ0v) is 17.2. The highest BCUT2D eigenvalue weighted by Gasteiger charge is 2.15. The fraction of sp³-hybridized carbons (Fsp3) is 0.238. The first-order valence-corrected chi connectivity index (χ1v) is 9.70. The van der Waals surface area contributed by atoms with E-state index in [0.29, 0.717) is 23.2 Å². The minimum absolute atomic E-state index is 0.163. The van der Waals surface area contributed by atoms with Crippen molar-refractivity contribution in [3.8, 4) is 0 Å². The molecule has 0 bridgehead atoms. The van der Waals surface area contributed by atoms with Gasteiger partial charge >= 0.3 is 5.97 Å². The van der Waals surface area contributed by atoms with Crippen molar-refractivity contribution in [2.24, 2.45) is 5.10 Å². The molecule has 3 rings (SSSR count). The highest BCUT2D eigenvalue weighted by atomic mass is 35.5. The number of nitrogens with one attached hydrogen (secondary N) is 1. The molecule has 0 aliphatic heterocycles. The lowest BCUT2D eigenvalue weighted by atomic mass is 10.1. The number of para-hydroxylation sites is 1. The lowest BCUT2D eigenvalue weighted by molar-refractivity contribution is -0.143. The molecule has 146 valence electrons. The minimum Gasteiger partial charge on any atom is -0.465 e. The molecule has 1 N–H and O–H groups in total. The van der Waals surface area contributed by atoms with Gasteiger partial charge in [-0.25, -0.2) is 0 Å². The van der Waals surface area contributed by atoms with Crippen LogP contribution in [-0.4, -0.2) is 23.4 Å². The molecule has 0 spiro atoms. The second-order valence-electron chi connectivity index (χ2n) is 6.20. The molecule has 2 aromatic carbocycles. The van der Waals surface area contributed by atoms with Gasteiger partial charge in [0.2, 0.25) is 0 Å². The van der Waals surface area contributed by atoms with E-state index >= 15 is 0 Å². The maximum Gasteiger partial charge on any atom is 0.325 e. The number of fused-ring (bicyclic) bond motifs is 1. The number of halogens is 2. The molecule has 1 aromatic heterocycles. The van der Waals surface area contributed by atoms with E-state index in [4.69, 9.17) is 27.9 Å². The number of ether oxygens (including phenoxy) is 1. The Kier molecular flexibility index (Phi) is 6.60. The average Bonchev–Trinajstić information content (AvgIpc) is 2.93. The van der Waals surface area contributed by atoms with E-state index in [1.807, 2.05) is 35.8 Å². The monoisotopic (exact) mass is 417 g/mol. The second-order valence-corrected chi connectivity index (χ2v) is 7.02. The summed E-state index contributed by atoms with van der Waals surface area (Å²) in [6, 6.07) is 13.3. The highest BCUT2D eigenvalue weighted by molar-refractivity contribution is 6.35. The zero-order chi connectivity index (χ0) is 20.1. The molecule has 0 atom stereocenters. The van der Waals surface area contributed by atoms with Crippen LogP contribution in [-0.2, 0) is 22.6 Å². The van der Waals surface area contributed by atoms with Crippen LogP contribution in [0.2, 0.25) is 10.0 Å². The van der Waals surface area contributed by atoms with E-state index in [0.717, 1.165) is 27.7 Å². The molecule has 0 saturated carbocycles. The molecule has 0 fully saturated rings. The Bertz CT molecular complexity index is 1010. The summed E-state index contributed by atoms with van der Waals surface area (Å²) in [5.74, 6) is -0.263. The first-order chi connectivity index (χ1) is 13.5. The third-order valence-electron chi connectivity index (χ3n) is 4.47. The third-order valence-corrected chi connectivity index (χ3v) is 5.18. The van der Waals surface area contributed by atoms with Gasteiger partial charge in [-0.3, -0.25) is 4.79 Å². The summed E-state index contributed by atoms with van der Waals surface area (Å²) in [6.45, 7) is 4.70. The van der Waals surface area contributed by atoms with Gasteiger partial charge in [0.15, 0.2) is 0 Å². The van der Waals surface area contributed by atoms with Crippen LogP contribution in [0.1, 0.15) is 23.7 Å². The molecule has 7 heteroatoms. The van der Waals surface area contributed by atoms with E-state index in [1.165, 1.54) is 0 Å². The van der Waals surface area contributed by atoms with Crippen LogP contribution >= 0.6 is 23.2 Å². The first-order valence-electron chi connectivity index (χ1n) is 8.95. The molecule has 0 saturated heterocycles. The van der Waals surface area contributed by atoms with Crippen LogP contribution in [0.4, 0.5) is 0 Å². The van der Waals surface area contributed by atoms with Gasteiger partial charge in [0.05, 0.1) is 19.4 Å². The number of carbonyl (C=O) groups excluding carboxylic acids is 1. The molecule has 0 unspecified atom stereocenters. The van der Waals surface area contributed by atoms with Gasteiger partial charge < -0.3 is 14.7 Å². The number of esters is 1. The molecular weight excluding hydrogens is 397 g/mol. The number of benzene rings is 2. The number of hydrogen-bond donors (Lipinski definition) is 1. The third kappa shape index (κ3) is 4.32. The normalized spacial score (nSPS) is 11.3. The first kappa shape index (κ1) is 20.2. The van der Waals surface area contributed by atoms with E-state index < -0.39 is 0 Å². The number of hydrogen-bond acceptors (Lipinski definition) is 4. The van der Waals surface area contributed by atoms with Crippen molar-refractivity contribution < 1.29 is 9.53 Å². The molecular formula is C21H21Cl2N3O2. The molecule has 1 heterocycles. The Morgan fingerprint density at radius 2 is 1.89 bits per heavy atom. The maximum atomic E-state index is 12.0. The summed E-state index contributed by atoms with van der Waals surface area (Å²) < 4.78 is 7.04. The van der Waals surface area contributed by atoms with Gasteiger partial charge in [0, 0.05) is 37.8 Å². The zero-order valence-electron chi connectivity index (χ0n) is 15.7. The molecule has 3 aromatic rings. The van der Waals surface area contributed by atoms with Crippen molar-refractivity contribution in [1.29, 1.82) is 0 Å². The average molecular weight is 418 g/mol. The van der Waals surface area contributed by atoms with Crippen LogP contribution in [0.5, 0.6) is 0 Å². The van der Waals surface area contributed by atoms with Gasteiger partial charge in [-0.05, 0) is 32.0 Å². The number of nitrogens with zero attached hydrogens (tertiary/aromatic N) is 2. The molecule has 0 amide bonds. The minimum atomic E-state index is -0.263. The van der Waals surface area contributed by atoms with Crippen molar-refractivity contribution in [1.82, 2.24) is 9.99 Å². The SMILES string of the molecule is CCOC(=O)Cn1c(C)c(/C=N/NCc2c(Cl)cccc2Cl)c2ccccc21. The molecule has 28 heavy (non-hydrogen) atoms. The topological polar surface area (TPSA) is 55.6 Å². The number of rotatable bonds is 7. The Hall–Kier alpha value is -2.50. The summed E-state index contributed by atoms with van der Waals surface area (Å²) >= 11 is 12.4. The number of aromatic nitrogens is 1. The summed E-state index contributed by atoms with van der Waals surface area (Å²) in [5, 5.41) is 6.55. The second kappa shape index (κ2) is 9.13. The smallest absolute Gasteiger partial charge is 0.325 e. The van der Waals surface area contributed by atoms with E-state index in [1.54, 1.807) is 31.3 Å².